The van der Waals surface area contributed by atoms with E-state index in [1.807, 2.05) is 19.1 Å². The summed E-state index contributed by atoms with van der Waals surface area (Å²) in [7, 11) is 0. The van der Waals surface area contributed by atoms with E-state index in [1.54, 1.807) is 25.3 Å². The lowest BCUT2D eigenvalue weighted by Crippen LogP contribution is -2.12. The van der Waals surface area contributed by atoms with Crippen LogP contribution in [-0.4, -0.2) is 10.9 Å². The van der Waals surface area contributed by atoms with Crippen molar-refractivity contribution >= 4 is 33.1 Å². The number of anilines is 1. The summed E-state index contributed by atoms with van der Waals surface area (Å²) in [6.07, 6.45) is 1.69. The zero-order chi connectivity index (χ0) is 15.0. The van der Waals surface area contributed by atoms with Gasteiger partial charge in [-0.15, -0.1) is 11.3 Å². The topological polar surface area (TPSA) is 42.0 Å². The number of carbonyl (C=O) groups is 1. The molecule has 0 atom stereocenters. The van der Waals surface area contributed by atoms with Crippen molar-refractivity contribution in [2.75, 3.05) is 5.32 Å². The Bertz CT molecular complexity index is 824. The van der Waals surface area contributed by atoms with Crippen LogP contribution in [0.15, 0.2) is 36.5 Å². The van der Waals surface area contributed by atoms with Gasteiger partial charge in [0.1, 0.15) is 11.6 Å². The van der Waals surface area contributed by atoms with Crippen molar-refractivity contribution in [3.63, 3.8) is 0 Å². The molecule has 5 heteroatoms. The van der Waals surface area contributed by atoms with Gasteiger partial charge in [0.15, 0.2) is 0 Å². The summed E-state index contributed by atoms with van der Waals surface area (Å²) in [5.74, 6) is -0.0684. The maximum absolute atomic E-state index is 13.9. The number of amides is 1. The van der Waals surface area contributed by atoms with Crippen LogP contribution in [0.1, 0.15) is 20.8 Å². The summed E-state index contributed by atoms with van der Waals surface area (Å²) >= 11 is 1.29. The van der Waals surface area contributed by atoms with Crippen molar-refractivity contribution in [1.82, 2.24) is 4.98 Å². The lowest BCUT2D eigenvalue weighted by molar-refractivity contribution is 0.102. The van der Waals surface area contributed by atoms with Crippen LogP contribution in [0.4, 0.5) is 10.2 Å². The third-order valence-corrected chi connectivity index (χ3v) is 4.52. The molecule has 3 rings (SSSR count). The Morgan fingerprint density at radius 1 is 1.24 bits per heavy atom. The van der Waals surface area contributed by atoms with Crippen molar-refractivity contribution in [2.24, 2.45) is 0 Å². The fourth-order valence-electron chi connectivity index (χ4n) is 2.18. The van der Waals surface area contributed by atoms with Crippen molar-refractivity contribution in [3.05, 3.63) is 58.3 Å². The lowest BCUT2D eigenvalue weighted by Gasteiger charge is -2.03. The van der Waals surface area contributed by atoms with Gasteiger partial charge in [-0.3, -0.25) is 4.79 Å². The number of pyridine rings is 1. The number of aryl methyl sites for hydroxylation is 2. The average Bonchev–Trinajstić information content (AvgIpc) is 2.80. The Hall–Kier alpha value is -2.27. The number of thiophene rings is 1. The van der Waals surface area contributed by atoms with Crippen LogP contribution in [0, 0.1) is 19.7 Å². The molecule has 2 aromatic heterocycles. The number of fused-ring (bicyclic) bond motifs is 1. The summed E-state index contributed by atoms with van der Waals surface area (Å²) in [6.45, 7) is 3.69. The van der Waals surface area contributed by atoms with Crippen LogP contribution >= 0.6 is 11.3 Å². The molecule has 3 nitrogen and oxygen atoms in total. The van der Waals surface area contributed by atoms with E-state index in [2.05, 4.69) is 10.3 Å². The first-order valence-corrected chi connectivity index (χ1v) is 7.29. The molecular formula is C16H13FN2OS. The predicted octanol–water partition coefficient (Wildman–Crippen LogP) is 4.30. The molecule has 3 aromatic rings. The zero-order valence-corrected chi connectivity index (χ0v) is 12.4. The molecule has 0 saturated carbocycles. The van der Waals surface area contributed by atoms with Gasteiger partial charge in [-0.05, 0) is 43.2 Å². The van der Waals surface area contributed by atoms with Gasteiger partial charge >= 0.3 is 0 Å². The van der Waals surface area contributed by atoms with E-state index in [-0.39, 0.29) is 11.7 Å². The minimum absolute atomic E-state index is 0.260. The first kappa shape index (κ1) is 13.7. The summed E-state index contributed by atoms with van der Waals surface area (Å²) in [6, 6.07) is 8.50. The number of benzene rings is 1. The Labute approximate surface area is 125 Å². The van der Waals surface area contributed by atoms with Crippen molar-refractivity contribution in [2.45, 2.75) is 13.8 Å². The number of hydrogen-bond donors (Lipinski definition) is 1. The highest BCUT2D eigenvalue weighted by molar-refractivity contribution is 7.21. The van der Waals surface area contributed by atoms with Gasteiger partial charge < -0.3 is 5.32 Å². The SMILES string of the molecule is Cc1ccc(NC(=O)c2sc3cccc(F)c3c2C)nc1. The van der Waals surface area contributed by atoms with Crippen LogP contribution in [0.5, 0.6) is 0 Å². The van der Waals surface area contributed by atoms with Gasteiger partial charge in [-0.25, -0.2) is 9.37 Å². The zero-order valence-electron chi connectivity index (χ0n) is 11.6. The summed E-state index contributed by atoms with van der Waals surface area (Å²) in [5, 5.41) is 3.26. The summed E-state index contributed by atoms with van der Waals surface area (Å²) in [5.41, 5.74) is 1.69. The number of halogens is 1. The van der Waals surface area contributed by atoms with E-state index < -0.39 is 0 Å². The molecule has 0 unspecified atom stereocenters. The summed E-state index contributed by atoms with van der Waals surface area (Å²) < 4.78 is 14.6. The van der Waals surface area contributed by atoms with Crippen molar-refractivity contribution < 1.29 is 9.18 Å². The van der Waals surface area contributed by atoms with E-state index in [0.29, 0.717) is 21.6 Å². The van der Waals surface area contributed by atoms with Crippen LogP contribution in [0.25, 0.3) is 10.1 Å². The molecule has 2 heterocycles. The van der Waals surface area contributed by atoms with Gasteiger partial charge in [-0.2, -0.15) is 0 Å². The highest BCUT2D eigenvalue weighted by Gasteiger charge is 2.18. The minimum atomic E-state index is -0.297. The standard InChI is InChI=1S/C16H13FN2OS/c1-9-6-7-13(18-8-9)19-16(20)15-10(2)14-11(17)4-3-5-12(14)21-15/h3-8H,1-2H3,(H,18,19,20). The van der Waals surface area contributed by atoms with Gasteiger partial charge in [0, 0.05) is 16.3 Å². The maximum Gasteiger partial charge on any atom is 0.267 e. The molecule has 0 aliphatic carbocycles. The summed E-state index contributed by atoms with van der Waals surface area (Å²) in [4.78, 5) is 17.0. The molecule has 1 amide bonds. The Morgan fingerprint density at radius 2 is 2.05 bits per heavy atom. The molecular weight excluding hydrogens is 287 g/mol. The largest absolute Gasteiger partial charge is 0.306 e. The van der Waals surface area contributed by atoms with Gasteiger partial charge in [0.05, 0.1) is 4.88 Å². The molecule has 0 fully saturated rings. The van der Waals surface area contributed by atoms with Crippen LogP contribution in [0.3, 0.4) is 0 Å². The third kappa shape index (κ3) is 2.52. The number of aromatic nitrogens is 1. The van der Waals surface area contributed by atoms with Crippen LogP contribution in [0.2, 0.25) is 0 Å². The van der Waals surface area contributed by atoms with Crippen molar-refractivity contribution in [3.8, 4) is 0 Å². The van der Waals surface area contributed by atoms with E-state index in [0.717, 1.165) is 10.3 Å². The third-order valence-electron chi connectivity index (χ3n) is 3.26. The molecule has 0 saturated heterocycles. The molecule has 0 aliphatic rings. The highest BCUT2D eigenvalue weighted by Crippen LogP contribution is 2.32. The number of nitrogens with zero attached hydrogens (tertiary/aromatic N) is 1. The van der Waals surface area contributed by atoms with Gasteiger partial charge in [0.2, 0.25) is 0 Å². The smallest absolute Gasteiger partial charge is 0.267 e. The van der Waals surface area contributed by atoms with E-state index in [1.165, 1.54) is 17.4 Å². The molecule has 0 aliphatic heterocycles. The maximum atomic E-state index is 13.9. The second-order valence-electron chi connectivity index (χ2n) is 4.84. The van der Waals surface area contributed by atoms with Crippen molar-refractivity contribution in [1.29, 1.82) is 0 Å². The number of hydrogen-bond acceptors (Lipinski definition) is 3. The Morgan fingerprint density at radius 3 is 2.71 bits per heavy atom. The molecule has 1 N–H and O–H groups in total. The Balaban J connectivity index is 1.96. The van der Waals surface area contributed by atoms with Crippen LogP contribution < -0.4 is 5.32 Å². The molecule has 21 heavy (non-hydrogen) atoms. The first-order chi connectivity index (χ1) is 10.1. The molecule has 0 radical (unpaired) electrons. The lowest BCUT2D eigenvalue weighted by atomic mass is 10.1. The van der Waals surface area contributed by atoms with Gasteiger partial charge in [0.25, 0.3) is 5.91 Å². The molecule has 0 bridgehead atoms. The number of carbonyl (C=O) groups excluding carboxylic acids is 1. The second-order valence-corrected chi connectivity index (χ2v) is 5.90. The normalized spacial score (nSPS) is 10.8. The predicted molar refractivity (Wildman–Crippen MR) is 83.4 cm³/mol. The minimum Gasteiger partial charge on any atom is -0.306 e. The van der Waals surface area contributed by atoms with E-state index in [9.17, 15) is 9.18 Å². The monoisotopic (exact) mass is 300 g/mol. The van der Waals surface area contributed by atoms with E-state index >= 15 is 0 Å². The Kier molecular flexibility index (Phi) is 3.43. The number of rotatable bonds is 2. The van der Waals surface area contributed by atoms with E-state index in [4.69, 9.17) is 0 Å². The fourth-order valence-corrected chi connectivity index (χ4v) is 3.30. The molecule has 1 aromatic carbocycles. The van der Waals surface area contributed by atoms with Gasteiger partial charge in [-0.1, -0.05) is 12.1 Å². The first-order valence-electron chi connectivity index (χ1n) is 6.48. The highest BCUT2D eigenvalue weighted by atomic mass is 32.1. The fraction of sp³-hybridized carbons (Fsp3) is 0.125. The molecule has 0 spiro atoms. The average molecular weight is 300 g/mol. The second kappa shape index (κ2) is 5.26. The molecule has 106 valence electrons. The number of nitrogens with one attached hydrogen (secondary N) is 1. The quantitative estimate of drug-likeness (QED) is 0.766. The van der Waals surface area contributed by atoms with Crippen LogP contribution in [-0.2, 0) is 0 Å².